The fourth-order valence-electron chi connectivity index (χ4n) is 3.19. The summed E-state index contributed by atoms with van der Waals surface area (Å²) >= 11 is 0. The number of nitrogens with one attached hydrogen (secondary N) is 1. The lowest BCUT2D eigenvalue weighted by atomic mass is 10.0. The average molecular weight is 210 g/mol. The topological polar surface area (TPSA) is 15.3 Å². The monoisotopic (exact) mass is 210 g/mol. The zero-order valence-corrected chi connectivity index (χ0v) is 10.2. The fraction of sp³-hybridized carbons (Fsp3) is 1.00. The van der Waals surface area contributed by atoms with Gasteiger partial charge < -0.3 is 5.32 Å². The summed E-state index contributed by atoms with van der Waals surface area (Å²) in [6.45, 7) is 7.39. The standard InChI is InChI=1S/C13H26N2/c1-2-5-13-10-14-8-9-15(13)11-12-6-3-4-7-12/h12-14H,2-11H2,1H3. The minimum absolute atomic E-state index is 0.823. The summed E-state index contributed by atoms with van der Waals surface area (Å²) < 4.78 is 0. The molecule has 88 valence electrons. The van der Waals surface area contributed by atoms with Crippen LogP contribution >= 0.6 is 0 Å². The van der Waals surface area contributed by atoms with E-state index in [0.717, 1.165) is 12.0 Å². The highest BCUT2D eigenvalue weighted by molar-refractivity contribution is 4.82. The third kappa shape index (κ3) is 3.18. The minimum atomic E-state index is 0.823. The molecule has 1 aliphatic carbocycles. The summed E-state index contributed by atoms with van der Waals surface area (Å²) in [4.78, 5) is 2.76. The summed E-state index contributed by atoms with van der Waals surface area (Å²) in [5.74, 6) is 1.02. The molecule has 1 aliphatic heterocycles. The lowest BCUT2D eigenvalue weighted by Gasteiger charge is -2.37. The lowest BCUT2D eigenvalue weighted by molar-refractivity contribution is 0.130. The normalized spacial score (nSPS) is 29.8. The maximum absolute atomic E-state index is 3.53. The van der Waals surface area contributed by atoms with Gasteiger partial charge in [0.25, 0.3) is 0 Å². The Balaban J connectivity index is 1.80. The van der Waals surface area contributed by atoms with Crippen molar-refractivity contribution in [2.24, 2.45) is 5.92 Å². The van der Waals surface area contributed by atoms with Crippen LogP contribution in [0, 0.1) is 5.92 Å². The van der Waals surface area contributed by atoms with Crippen molar-refractivity contribution in [1.29, 1.82) is 0 Å². The second-order valence-corrected chi connectivity index (χ2v) is 5.29. The van der Waals surface area contributed by atoms with Crippen molar-refractivity contribution in [2.45, 2.75) is 51.5 Å². The van der Waals surface area contributed by atoms with Crippen LogP contribution in [-0.2, 0) is 0 Å². The number of hydrogen-bond donors (Lipinski definition) is 1. The number of rotatable bonds is 4. The smallest absolute Gasteiger partial charge is 0.0221 e. The Kier molecular flexibility index (Phi) is 4.45. The van der Waals surface area contributed by atoms with E-state index in [0.29, 0.717) is 0 Å². The van der Waals surface area contributed by atoms with E-state index in [4.69, 9.17) is 0 Å². The van der Waals surface area contributed by atoms with Crippen LogP contribution in [0.2, 0.25) is 0 Å². The van der Waals surface area contributed by atoms with Crippen LogP contribution in [0.25, 0.3) is 0 Å². The van der Waals surface area contributed by atoms with Crippen molar-refractivity contribution in [1.82, 2.24) is 10.2 Å². The Morgan fingerprint density at radius 3 is 2.80 bits per heavy atom. The second kappa shape index (κ2) is 5.86. The molecule has 0 aromatic carbocycles. The molecule has 15 heavy (non-hydrogen) atoms. The highest BCUT2D eigenvalue weighted by Gasteiger charge is 2.25. The average Bonchev–Trinajstić information content (AvgIpc) is 2.74. The molecule has 1 N–H and O–H groups in total. The van der Waals surface area contributed by atoms with Gasteiger partial charge in [-0.15, -0.1) is 0 Å². The van der Waals surface area contributed by atoms with E-state index in [1.807, 2.05) is 0 Å². The molecule has 0 spiro atoms. The second-order valence-electron chi connectivity index (χ2n) is 5.29. The van der Waals surface area contributed by atoms with E-state index in [1.165, 1.54) is 64.7 Å². The van der Waals surface area contributed by atoms with Gasteiger partial charge in [-0.3, -0.25) is 4.90 Å². The van der Waals surface area contributed by atoms with Crippen molar-refractivity contribution in [2.75, 3.05) is 26.2 Å². The van der Waals surface area contributed by atoms with Gasteiger partial charge in [0.1, 0.15) is 0 Å². The minimum Gasteiger partial charge on any atom is -0.314 e. The van der Waals surface area contributed by atoms with Crippen LogP contribution in [0.1, 0.15) is 45.4 Å². The molecule has 1 saturated heterocycles. The van der Waals surface area contributed by atoms with Crippen molar-refractivity contribution in [3.05, 3.63) is 0 Å². The van der Waals surface area contributed by atoms with Crippen molar-refractivity contribution in [3.63, 3.8) is 0 Å². The molecular weight excluding hydrogens is 184 g/mol. The van der Waals surface area contributed by atoms with Gasteiger partial charge in [0.05, 0.1) is 0 Å². The van der Waals surface area contributed by atoms with Crippen LogP contribution in [0.15, 0.2) is 0 Å². The predicted octanol–water partition coefficient (Wildman–Crippen LogP) is 2.25. The van der Waals surface area contributed by atoms with Crippen LogP contribution in [0.3, 0.4) is 0 Å². The first-order valence-electron chi connectivity index (χ1n) is 6.85. The third-order valence-corrected chi connectivity index (χ3v) is 4.06. The van der Waals surface area contributed by atoms with Gasteiger partial charge in [-0.2, -0.15) is 0 Å². The summed E-state index contributed by atoms with van der Waals surface area (Å²) in [7, 11) is 0. The SMILES string of the molecule is CCCC1CNCCN1CC1CCCC1. The van der Waals surface area contributed by atoms with Crippen LogP contribution in [0.5, 0.6) is 0 Å². The van der Waals surface area contributed by atoms with Crippen LogP contribution in [-0.4, -0.2) is 37.1 Å². The third-order valence-electron chi connectivity index (χ3n) is 4.06. The maximum atomic E-state index is 3.53. The molecular formula is C13H26N2. The van der Waals surface area contributed by atoms with Gasteiger partial charge in [-0.05, 0) is 25.2 Å². The predicted molar refractivity (Wildman–Crippen MR) is 65.1 cm³/mol. The first-order chi connectivity index (χ1) is 7.40. The molecule has 1 heterocycles. The molecule has 1 atom stereocenters. The summed E-state index contributed by atoms with van der Waals surface area (Å²) in [6.07, 6.45) is 8.64. The van der Waals surface area contributed by atoms with E-state index in [1.54, 1.807) is 0 Å². The zero-order valence-electron chi connectivity index (χ0n) is 10.2. The Labute approximate surface area is 94.4 Å². The summed E-state index contributed by atoms with van der Waals surface area (Å²) in [5.41, 5.74) is 0. The van der Waals surface area contributed by atoms with Crippen molar-refractivity contribution >= 4 is 0 Å². The Bertz CT molecular complexity index is 173. The molecule has 2 aliphatic rings. The summed E-state index contributed by atoms with van der Waals surface area (Å²) in [6, 6.07) is 0.823. The van der Waals surface area contributed by atoms with Crippen molar-refractivity contribution < 1.29 is 0 Å². The highest BCUT2D eigenvalue weighted by atomic mass is 15.2. The summed E-state index contributed by atoms with van der Waals surface area (Å²) in [5, 5.41) is 3.53. The molecule has 1 unspecified atom stereocenters. The van der Waals surface area contributed by atoms with E-state index in [9.17, 15) is 0 Å². The maximum Gasteiger partial charge on any atom is 0.0221 e. The van der Waals surface area contributed by atoms with E-state index in [2.05, 4.69) is 17.1 Å². The Morgan fingerprint density at radius 1 is 1.27 bits per heavy atom. The lowest BCUT2D eigenvalue weighted by Crippen LogP contribution is -2.52. The van der Waals surface area contributed by atoms with Gasteiger partial charge in [0, 0.05) is 32.2 Å². The zero-order chi connectivity index (χ0) is 10.5. The Morgan fingerprint density at radius 2 is 2.07 bits per heavy atom. The van der Waals surface area contributed by atoms with Crippen molar-refractivity contribution in [3.8, 4) is 0 Å². The molecule has 1 saturated carbocycles. The highest BCUT2D eigenvalue weighted by Crippen LogP contribution is 2.26. The molecule has 2 heteroatoms. The molecule has 2 nitrogen and oxygen atoms in total. The van der Waals surface area contributed by atoms with E-state index < -0.39 is 0 Å². The number of nitrogens with zero attached hydrogens (tertiary/aromatic N) is 1. The van der Waals surface area contributed by atoms with Gasteiger partial charge in [0.2, 0.25) is 0 Å². The molecule has 2 fully saturated rings. The van der Waals surface area contributed by atoms with Crippen LogP contribution < -0.4 is 5.32 Å². The van der Waals surface area contributed by atoms with Gasteiger partial charge in [-0.1, -0.05) is 26.2 Å². The van der Waals surface area contributed by atoms with Gasteiger partial charge in [-0.25, -0.2) is 0 Å². The van der Waals surface area contributed by atoms with Gasteiger partial charge >= 0.3 is 0 Å². The van der Waals surface area contributed by atoms with Gasteiger partial charge in [0.15, 0.2) is 0 Å². The van der Waals surface area contributed by atoms with Crippen LogP contribution in [0.4, 0.5) is 0 Å². The number of piperazine rings is 1. The van der Waals surface area contributed by atoms with E-state index >= 15 is 0 Å². The largest absolute Gasteiger partial charge is 0.314 e. The first-order valence-corrected chi connectivity index (χ1v) is 6.85. The quantitative estimate of drug-likeness (QED) is 0.765. The van der Waals surface area contributed by atoms with E-state index in [-0.39, 0.29) is 0 Å². The molecule has 0 radical (unpaired) electrons. The fourth-order valence-corrected chi connectivity index (χ4v) is 3.19. The molecule has 0 bridgehead atoms. The molecule has 2 rings (SSSR count). The first kappa shape index (κ1) is 11.4. The molecule has 0 amide bonds. The number of hydrogen-bond acceptors (Lipinski definition) is 2. The molecule has 0 aromatic rings. The Hall–Kier alpha value is -0.0800. The molecule has 0 aromatic heterocycles.